The fraction of sp³-hybridized carbons (Fsp3) is 0.294. The normalized spacial score (nSPS) is 10.7. The predicted molar refractivity (Wildman–Crippen MR) is 79.2 cm³/mol. The summed E-state index contributed by atoms with van der Waals surface area (Å²) in [6, 6.07) is 16.4. The van der Waals surface area contributed by atoms with Crippen molar-refractivity contribution in [2.75, 3.05) is 0 Å². The Bertz CT molecular complexity index is 534. The summed E-state index contributed by atoms with van der Waals surface area (Å²) in [7, 11) is 0. The second-order valence-electron chi connectivity index (χ2n) is 4.95. The first-order chi connectivity index (χ1) is 9.22. The molecule has 0 aromatic heterocycles. The topological polar surface area (TPSA) is 35.2 Å². The van der Waals surface area contributed by atoms with E-state index in [0.717, 1.165) is 11.3 Å². The molecule has 2 heteroatoms. The van der Waals surface area contributed by atoms with E-state index in [2.05, 4.69) is 38.1 Å². The molecule has 0 radical (unpaired) electrons. The maximum absolute atomic E-state index is 5.92. The lowest BCUT2D eigenvalue weighted by atomic mass is 9.98. The summed E-state index contributed by atoms with van der Waals surface area (Å²) in [5.41, 5.74) is 9.34. The highest BCUT2D eigenvalue weighted by Crippen LogP contribution is 2.23. The van der Waals surface area contributed by atoms with Crippen molar-refractivity contribution in [1.82, 2.24) is 0 Å². The third kappa shape index (κ3) is 3.36. The van der Waals surface area contributed by atoms with E-state index in [1.165, 1.54) is 11.1 Å². The Labute approximate surface area is 115 Å². The van der Waals surface area contributed by atoms with Crippen LogP contribution in [0.25, 0.3) is 0 Å². The molecule has 0 saturated carbocycles. The molecule has 100 valence electrons. The molecule has 0 bridgehead atoms. The molecule has 0 fully saturated rings. The van der Waals surface area contributed by atoms with Gasteiger partial charge in [-0.2, -0.15) is 0 Å². The molecule has 0 aliphatic heterocycles. The standard InChI is InChI=1S/C17H21NO/c1-13(2)16-9-5-3-8-15(16)12-19-17-10-6-4-7-14(17)11-18/h3-10,13H,11-12,18H2,1-2H3. The quantitative estimate of drug-likeness (QED) is 0.880. The Balaban J connectivity index is 2.15. The summed E-state index contributed by atoms with van der Waals surface area (Å²) in [5.74, 6) is 1.38. The number of nitrogens with two attached hydrogens (primary N) is 1. The molecule has 0 heterocycles. The minimum atomic E-state index is 0.502. The first kappa shape index (κ1) is 13.6. The van der Waals surface area contributed by atoms with Gasteiger partial charge in [0.15, 0.2) is 0 Å². The molecular formula is C17H21NO. The molecule has 2 nitrogen and oxygen atoms in total. The summed E-state index contributed by atoms with van der Waals surface area (Å²) < 4.78 is 5.92. The second kappa shape index (κ2) is 6.39. The maximum atomic E-state index is 5.92. The van der Waals surface area contributed by atoms with Gasteiger partial charge in [-0.3, -0.25) is 0 Å². The molecule has 2 rings (SSSR count). The van der Waals surface area contributed by atoms with Gasteiger partial charge in [-0.05, 0) is 23.1 Å². The molecule has 0 amide bonds. The third-order valence-corrected chi connectivity index (χ3v) is 3.25. The van der Waals surface area contributed by atoms with Crippen molar-refractivity contribution in [3.05, 3.63) is 65.2 Å². The number of hydrogen-bond acceptors (Lipinski definition) is 2. The van der Waals surface area contributed by atoms with E-state index in [4.69, 9.17) is 10.5 Å². The molecule has 0 spiro atoms. The van der Waals surface area contributed by atoms with Gasteiger partial charge in [-0.25, -0.2) is 0 Å². The molecular weight excluding hydrogens is 234 g/mol. The van der Waals surface area contributed by atoms with Crippen molar-refractivity contribution in [3.63, 3.8) is 0 Å². The van der Waals surface area contributed by atoms with Crippen LogP contribution in [0.4, 0.5) is 0 Å². The number of rotatable bonds is 5. The summed E-state index contributed by atoms with van der Waals surface area (Å²) in [4.78, 5) is 0. The smallest absolute Gasteiger partial charge is 0.124 e. The Morgan fingerprint density at radius 2 is 1.58 bits per heavy atom. The van der Waals surface area contributed by atoms with Gasteiger partial charge < -0.3 is 10.5 Å². The third-order valence-electron chi connectivity index (χ3n) is 3.25. The number of para-hydroxylation sites is 1. The SMILES string of the molecule is CC(C)c1ccccc1COc1ccccc1CN. The molecule has 2 aromatic rings. The van der Waals surface area contributed by atoms with Gasteiger partial charge in [0.2, 0.25) is 0 Å². The first-order valence-corrected chi connectivity index (χ1v) is 6.71. The lowest BCUT2D eigenvalue weighted by molar-refractivity contribution is 0.301. The molecule has 0 atom stereocenters. The summed E-state index contributed by atoms with van der Waals surface area (Å²) in [6.45, 7) is 5.49. The van der Waals surface area contributed by atoms with Crippen molar-refractivity contribution < 1.29 is 4.74 Å². The zero-order chi connectivity index (χ0) is 13.7. The van der Waals surface area contributed by atoms with Crippen LogP contribution >= 0.6 is 0 Å². The van der Waals surface area contributed by atoms with Gasteiger partial charge in [-0.1, -0.05) is 56.3 Å². The van der Waals surface area contributed by atoms with Crippen LogP contribution in [0.3, 0.4) is 0 Å². The zero-order valence-electron chi connectivity index (χ0n) is 11.6. The lowest BCUT2D eigenvalue weighted by Crippen LogP contribution is -2.04. The number of ether oxygens (including phenoxy) is 1. The Hall–Kier alpha value is -1.80. The van der Waals surface area contributed by atoms with Crippen molar-refractivity contribution in [2.24, 2.45) is 5.73 Å². The molecule has 0 aliphatic rings. The van der Waals surface area contributed by atoms with Gasteiger partial charge in [-0.15, -0.1) is 0 Å². The highest BCUT2D eigenvalue weighted by atomic mass is 16.5. The Morgan fingerprint density at radius 3 is 2.26 bits per heavy atom. The van der Waals surface area contributed by atoms with Crippen molar-refractivity contribution >= 4 is 0 Å². The van der Waals surface area contributed by atoms with Gasteiger partial charge >= 0.3 is 0 Å². The van der Waals surface area contributed by atoms with Crippen molar-refractivity contribution in [3.8, 4) is 5.75 Å². The van der Waals surface area contributed by atoms with Gasteiger partial charge in [0, 0.05) is 12.1 Å². The van der Waals surface area contributed by atoms with E-state index >= 15 is 0 Å². The predicted octanol–water partition coefficient (Wildman–Crippen LogP) is 3.85. The molecule has 0 aliphatic carbocycles. The molecule has 2 aromatic carbocycles. The van der Waals surface area contributed by atoms with Crippen LogP contribution in [0.15, 0.2) is 48.5 Å². The highest BCUT2D eigenvalue weighted by Gasteiger charge is 2.07. The Kier molecular flexibility index (Phi) is 4.58. The van der Waals surface area contributed by atoms with E-state index in [0.29, 0.717) is 19.1 Å². The van der Waals surface area contributed by atoms with Crippen LogP contribution < -0.4 is 10.5 Å². The summed E-state index contributed by atoms with van der Waals surface area (Å²) >= 11 is 0. The van der Waals surface area contributed by atoms with Crippen LogP contribution in [0, 0.1) is 0 Å². The van der Waals surface area contributed by atoms with Crippen LogP contribution in [-0.4, -0.2) is 0 Å². The van der Waals surface area contributed by atoms with E-state index in [1.807, 2.05) is 24.3 Å². The van der Waals surface area contributed by atoms with Crippen molar-refractivity contribution in [2.45, 2.75) is 32.9 Å². The van der Waals surface area contributed by atoms with Crippen molar-refractivity contribution in [1.29, 1.82) is 0 Å². The van der Waals surface area contributed by atoms with Gasteiger partial charge in [0.1, 0.15) is 12.4 Å². The van der Waals surface area contributed by atoms with Crippen LogP contribution in [0.2, 0.25) is 0 Å². The van der Waals surface area contributed by atoms with Gasteiger partial charge in [0.05, 0.1) is 0 Å². The minimum absolute atomic E-state index is 0.502. The molecule has 0 saturated heterocycles. The molecule has 19 heavy (non-hydrogen) atoms. The van der Waals surface area contributed by atoms with E-state index in [9.17, 15) is 0 Å². The second-order valence-corrected chi connectivity index (χ2v) is 4.95. The number of hydrogen-bond donors (Lipinski definition) is 1. The lowest BCUT2D eigenvalue weighted by Gasteiger charge is -2.15. The average Bonchev–Trinajstić information content (AvgIpc) is 2.45. The Morgan fingerprint density at radius 1 is 0.947 bits per heavy atom. The highest BCUT2D eigenvalue weighted by molar-refractivity contribution is 5.34. The maximum Gasteiger partial charge on any atom is 0.124 e. The van der Waals surface area contributed by atoms with Crippen LogP contribution in [-0.2, 0) is 13.2 Å². The number of benzene rings is 2. The van der Waals surface area contributed by atoms with Crippen LogP contribution in [0.5, 0.6) is 5.75 Å². The first-order valence-electron chi connectivity index (χ1n) is 6.71. The molecule has 0 unspecified atom stereocenters. The zero-order valence-corrected chi connectivity index (χ0v) is 11.6. The monoisotopic (exact) mass is 255 g/mol. The fourth-order valence-corrected chi connectivity index (χ4v) is 2.20. The largest absolute Gasteiger partial charge is 0.489 e. The fourth-order valence-electron chi connectivity index (χ4n) is 2.20. The van der Waals surface area contributed by atoms with E-state index < -0.39 is 0 Å². The van der Waals surface area contributed by atoms with Crippen LogP contribution in [0.1, 0.15) is 36.5 Å². The average molecular weight is 255 g/mol. The van der Waals surface area contributed by atoms with E-state index in [1.54, 1.807) is 0 Å². The minimum Gasteiger partial charge on any atom is -0.489 e. The summed E-state index contributed by atoms with van der Waals surface area (Å²) in [5, 5.41) is 0. The molecule has 2 N–H and O–H groups in total. The summed E-state index contributed by atoms with van der Waals surface area (Å²) in [6.07, 6.45) is 0. The van der Waals surface area contributed by atoms with E-state index in [-0.39, 0.29) is 0 Å². The van der Waals surface area contributed by atoms with Gasteiger partial charge in [0.25, 0.3) is 0 Å².